The third-order valence-electron chi connectivity index (χ3n) is 3.06. The van der Waals surface area contributed by atoms with Gasteiger partial charge in [0.2, 0.25) is 10.0 Å². The molecule has 5 nitrogen and oxygen atoms in total. The van der Waals surface area contributed by atoms with E-state index in [1.54, 1.807) is 17.4 Å². The zero-order valence-electron chi connectivity index (χ0n) is 11.7. The van der Waals surface area contributed by atoms with Crippen LogP contribution in [-0.2, 0) is 15.4 Å². The van der Waals surface area contributed by atoms with Gasteiger partial charge in [-0.15, -0.1) is 11.3 Å². The van der Waals surface area contributed by atoms with E-state index in [-0.39, 0.29) is 22.5 Å². The second-order valence-corrected chi connectivity index (χ2v) is 7.83. The van der Waals surface area contributed by atoms with E-state index in [2.05, 4.69) is 9.71 Å². The molecule has 2 aromatic rings. The maximum Gasteiger partial charge on any atom is 0.243 e. The number of nitriles is 1. The van der Waals surface area contributed by atoms with Crippen LogP contribution in [0.15, 0.2) is 40.7 Å². The van der Waals surface area contributed by atoms with Crippen LogP contribution in [0.3, 0.4) is 0 Å². The molecule has 0 saturated carbocycles. The van der Waals surface area contributed by atoms with Crippen LogP contribution >= 0.6 is 11.3 Å². The molecule has 0 aromatic carbocycles. The van der Waals surface area contributed by atoms with Crippen molar-refractivity contribution >= 4 is 21.4 Å². The summed E-state index contributed by atoms with van der Waals surface area (Å²) in [5.41, 5.74) is -0.421. The van der Waals surface area contributed by atoms with Crippen molar-refractivity contribution in [3.8, 4) is 6.07 Å². The summed E-state index contributed by atoms with van der Waals surface area (Å²) in [6, 6.07) is 8.59. The van der Waals surface area contributed by atoms with Gasteiger partial charge in [-0.25, -0.2) is 18.1 Å². The standard InChI is InChI=1S/C14H15N3O2S2/c1-14(2,13-6-4-8-20-13)10-17-21(18,19)12-5-3-7-16-11(12)9-15/h3-8,17H,10H2,1-2H3. The topological polar surface area (TPSA) is 82.8 Å². The van der Waals surface area contributed by atoms with Crippen molar-refractivity contribution in [1.29, 1.82) is 5.26 Å². The molecule has 7 heteroatoms. The summed E-state index contributed by atoms with van der Waals surface area (Å²) in [7, 11) is -3.76. The van der Waals surface area contributed by atoms with Gasteiger partial charge in [0.25, 0.3) is 0 Å². The minimum atomic E-state index is -3.76. The van der Waals surface area contributed by atoms with Gasteiger partial charge in [-0.2, -0.15) is 5.26 Å². The second-order valence-electron chi connectivity index (χ2n) is 5.15. The van der Waals surface area contributed by atoms with Crippen LogP contribution in [0.2, 0.25) is 0 Å². The molecule has 110 valence electrons. The number of pyridine rings is 1. The molecular weight excluding hydrogens is 306 g/mol. The van der Waals surface area contributed by atoms with E-state index in [0.717, 1.165) is 4.88 Å². The summed E-state index contributed by atoms with van der Waals surface area (Å²) < 4.78 is 27.2. The van der Waals surface area contributed by atoms with Crippen molar-refractivity contribution in [2.24, 2.45) is 0 Å². The maximum atomic E-state index is 12.3. The summed E-state index contributed by atoms with van der Waals surface area (Å²) in [6.45, 7) is 4.18. The van der Waals surface area contributed by atoms with Gasteiger partial charge in [0.1, 0.15) is 11.0 Å². The molecule has 0 aliphatic heterocycles. The first-order chi connectivity index (χ1) is 9.87. The Bertz CT molecular complexity index is 760. The second kappa shape index (κ2) is 5.93. The Balaban J connectivity index is 2.21. The number of hydrogen-bond acceptors (Lipinski definition) is 5. The van der Waals surface area contributed by atoms with Crippen molar-refractivity contribution in [2.45, 2.75) is 24.2 Å². The Hall–Kier alpha value is -1.75. The van der Waals surface area contributed by atoms with Gasteiger partial charge < -0.3 is 0 Å². The molecule has 0 unspecified atom stereocenters. The first-order valence-corrected chi connectivity index (χ1v) is 8.62. The fourth-order valence-corrected chi connectivity index (χ4v) is 3.96. The molecule has 1 N–H and O–H groups in total. The van der Waals surface area contributed by atoms with Crippen molar-refractivity contribution in [2.75, 3.05) is 6.54 Å². The molecule has 2 aromatic heterocycles. The summed E-state index contributed by atoms with van der Waals surface area (Å²) in [5, 5.41) is 10.9. The van der Waals surface area contributed by atoms with E-state index < -0.39 is 10.0 Å². The molecule has 0 saturated heterocycles. The van der Waals surface area contributed by atoms with Gasteiger partial charge in [-0.05, 0) is 23.6 Å². The maximum absolute atomic E-state index is 12.3. The lowest BCUT2D eigenvalue weighted by molar-refractivity contribution is 0.509. The average Bonchev–Trinajstić information content (AvgIpc) is 3.00. The first kappa shape index (κ1) is 15.6. The van der Waals surface area contributed by atoms with Gasteiger partial charge in [-0.1, -0.05) is 19.9 Å². The highest BCUT2D eigenvalue weighted by Gasteiger charge is 2.26. The normalized spacial score (nSPS) is 12.0. The minimum Gasteiger partial charge on any atom is -0.244 e. The Morgan fingerprint density at radius 2 is 2.14 bits per heavy atom. The number of sulfonamides is 1. The highest BCUT2D eigenvalue weighted by Crippen LogP contribution is 2.27. The Morgan fingerprint density at radius 3 is 2.76 bits per heavy atom. The Labute approximate surface area is 128 Å². The quantitative estimate of drug-likeness (QED) is 0.915. The van der Waals surface area contributed by atoms with Crippen LogP contribution in [0.1, 0.15) is 24.4 Å². The van der Waals surface area contributed by atoms with Crippen LogP contribution in [0.25, 0.3) is 0 Å². The summed E-state index contributed by atoms with van der Waals surface area (Å²) in [4.78, 5) is 4.79. The minimum absolute atomic E-state index is 0.0884. The number of thiophene rings is 1. The van der Waals surface area contributed by atoms with E-state index in [1.165, 1.54) is 18.3 Å². The predicted molar refractivity (Wildman–Crippen MR) is 81.5 cm³/mol. The third-order valence-corrected chi connectivity index (χ3v) is 5.73. The number of nitrogens with zero attached hydrogens (tertiary/aromatic N) is 2. The SMILES string of the molecule is CC(C)(CNS(=O)(=O)c1cccnc1C#N)c1cccs1. The van der Waals surface area contributed by atoms with Crippen LogP contribution in [0.4, 0.5) is 0 Å². The summed E-state index contributed by atoms with van der Waals surface area (Å²) in [5.74, 6) is 0. The predicted octanol–water partition coefficient (Wildman–Crippen LogP) is 2.27. The molecule has 0 aliphatic rings. The highest BCUT2D eigenvalue weighted by molar-refractivity contribution is 7.89. The molecule has 0 fully saturated rings. The van der Waals surface area contributed by atoms with Gasteiger partial charge in [0, 0.05) is 23.0 Å². The monoisotopic (exact) mass is 321 g/mol. The fourth-order valence-electron chi connectivity index (χ4n) is 1.80. The van der Waals surface area contributed by atoms with Gasteiger partial charge in [-0.3, -0.25) is 0 Å². The summed E-state index contributed by atoms with van der Waals surface area (Å²) >= 11 is 1.58. The van der Waals surface area contributed by atoms with Crippen LogP contribution in [0.5, 0.6) is 0 Å². The highest BCUT2D eigenvalue weighted by atomic mass is 32.2. The van der Waals surface area contributed by atoms with Gasteiger partial charge in [0.05, 0.1) is 0 Å². The van der Waals surface area contributed by atoms with E-state index in [1.807, 2.05) is 31.4 Å². The van der Waals surface area contributed by atoms with E-state index >= 15 is 0 Å². The Morgan fingerprint density at radius 1 is 1.38 bits per heavy atom. The molecular formula is C14H15N3O2S2. The largest absolute Gasteiger partial charge is 0.244 e. The molecule has 0 amide bonds. The number of aromatic nitrogens is 1. The lowest BCUT2D eigenvalue weighted by Gasteiger charge is -2.23. The van der Waals surface area contributed by atoms with Crippen LogP contribution in [-0.4, -0.2) is 19.9 Å². The molecule has 2 heterocycles. The molecule has 0 spiro atoms. The molecule has 0 bridgehead atoms. The zero-order valence-corrected chi connectivity index (χ0v) is 13.3. The zero-order chi connectivity index (χ0) is 15.5. The van der Waals surface area contributed by atoms with Crippen LogP contribution < -0.4 is 4.72 Å². The van der Waals surface area contributed by atoms with E-state index in [9.17, 15) is 8.42 Å². The van der Waals surface area contributed by atoms with Gasteiger partial charge in [0.15, 0.2) is 5.69 Å². The van der Waals surface area contributed by atoms with E-state index in [0.29, 0.717) is 0 Å². The number of rotatable bonds is 5. The first-order valence-electron chi connectivity index (χ1n) is 6.25. The van der Waals surface area contributed by atoms with Crippen LogP contribution in [0, 0.1) is 11.3 Å². The lowest BCUT2D eigenvalue weighted by Crippen LogP contribution is -2.36. The van der Waals surface area contributed by atoms with E-state index in [4.69, 9.17) is 5.26 Å². The molecule has 0 atom stereocenters. The smallest absolute Gasteiger partial charge is 0.243 e. The molecule has 2 rings (SSSR count). The lowest BCUT2D eigenvalue weighted by atomic mass is 9.92. The average molecular weight is 321 g/mol. The Kier molecular flexibility index (Phi) is 4.42. The van der Waals surface area contributed by atoms with Crippen molar-refractivity contribution in [3.05, 3.63) is 46.4 Å². The van der Waals surface area contributed by atoms with Gasteiger partial charge >= 0.3 is 0 Å². The fraction of sp³-hybridized carbons (Fsp3) is 0.286. The van der Waals surface area contributed by atoms with Crippen molar-refractivity contribution in [3.63, 3.8) is 0 Å². The number of hydrogen-bond donors (Lipinski definition) is 1. The van der Waals surface area contributed by atoms with Crippen molar-refractivity contribution < 1.29 is 8.42 Å². The molecule has 21 heavy (non-hydrogen) atoms. The summed E-state index contributed by atoms with van der Waals surface area (Å²) in [6.07, 6.45) is 1.40. The third kappa shape index (κ3) is 3.47. The molecule has 0 radical (unpaired) electrons. The number of nitrogens with one attached hydrogen (secondary N) is 1. The van der Waals surface area contributed by atoms with Crippen molar-refractivity contribution in [1.82, 2.24) is 9.71 Å². The molecule has 0 aliphatic carbocycles.